The first-order valence-electron chi connectivity index (χ1n) is 15.1. The smallest absolute Gasteiger partial charge is 0.264 e. The summed E-state index contributed by atoms with van der Waals surface area (Å²) >= 11 is 12.9. The van der Waals surface area contributed by atoms with Crippen molar-refractivity contribution in [3.8, 4) is 0 Å². The van der Waals surface area contributed by atoms with Crippen LogP contribution in [0.15, 0.2) is 102 Å². The lowest BCUT2D eigenvalue weighted by molar-refractivity contribution is -0.140. The topological polar surface area (TPSA) is 86.8 Å². The van der Waals surface area contributed by atoms with Crippen molar-refractivity contribution in [2.75, 3.05) is 10.8 Å². The molecule has 4 aromatic carbocycles. The number of carbonyl (C=O) groups is 2. The van der Waals surface area contributed by atoms with Gasteiger partial charge in [0.15, 0.2) is 0 Å². The van der Waals surface area contributed by atoms with Gasteiger partial charge in [0, 0.05) is 24.0 Å². The lowest BCUT2D eigenvalue weighted by Crippen LogP contribution is -2.54. The van der Waals surface area contributed by atoms with E-state index < -0.39 is 28.5 Å². The number of nitrogens with one attached hydrogen (secondary N) is 1. The summed E-state index contributed by atoms with van der Waals surface area (Å²) in [5.74, 6) is -0.901. The van der Waals surface area contributed by atoms with Crippen molar-refractivity contribution in [2.24, 2.45) is 0 Å². The molecule has 0 aromatic heterocycles. The Hall–Kier alpha value is -3.85. The van der Waals surface area contributed by atoms with Gasteiger partial charge in [-0.2, -0.15) is 0 Å². The maximum atomic E-state index is 14.6. The Labute approximate surface area is 282 Å². The van der Waals surface area contributed by atoms with Crippen molar-refractivity contribution >= 4 is 50.7 Å². The Balaban J connectivity index is 1.84. The molecule has 0 saturated heterocycles. The van der Waals surface area contributed by atoms with Gasteiger partial charge >= 0.3 is 0 Å². The van der Waals surface area contributed by atoms with E-state index in [1.165, 1.54) is 29.2 Å². The van der Waals surface area contributed by atoms with Crippen molar-refractivity contribution in [3.63, 3.8) is 0 Å². The molecule has 2 atom stereocenters. The van der Waals surface area contributed by atoms with Gasteiger partial charge in [0.25, 0.3) is 10.0 Å². The molecule has 0 radical (unpaired) electrons. The van der Waals surface area contributed by atoms with Gasteiger partial charge in [0.05, 0.1) is 15.6 Å². The lowest BCUT2D eigenvalue weighted by Gasteiger charge is -2.34. The molecule has 0 bridgehead atoms. The standard InChI is InChI=1S/C36H39Cl2N3O4S/c1-5-27(4)39-36(43)34(21-28-11-7-6-8-12-28)40(23-29-13-9-10-26(3)20-29)35(42)24-41(33-22-30(37)16-19-32(33)38)46(44,45)31-17-14-25(2)15-18-31/h6-20,22,27,34H,5,21,23-24H2,1-4H3,(H,39,43). The van der Waals surface area contributed by atoms with Crippen molar-refractivity contribution in [1.82, 2.24) is 10.2 Å². The van der Waals surface area contributed by atoms with Gasteiger partial charge in [-0.05, 0) is 68.7 Å². The third kappa shape index (κ3) is 8.90. The second kappa shape index (κ2) is 15.6. The monoisotopic (exact) mass is 679 g/mol. The third-order valence-electron chi connectivity index (χ3n) is 7.77. The number of hydrogen-bond donors (Lipinski definition) is 1. The predicted octanol–water partition coefficient (Wildman–Crippen LogP) is 7.36. The van der Waals surface area contributed by atoms with Crippen molar-refractivity contribution in [3.05, 3.63) is 129 Å². The van der Waals surface area contributed by atoms with E-state index >= 15 is 0 Å². The van der Waals surface area contributed by atoms with Gasteiger partial charge in [-0.25, -0.2) is 8.42 Å². The van der Waals surface area contributed by atoms with Crippen LogP contribution in [0.2, 0.25) is 10.0 Å². The highest BCUT2D eigenvalue weighted by Gasteiger charge is 2.35. The van der Waals surface area contributed by atoms with E-state index in [9.17, 15) is 18.0 Å². The van der Waals surface area contributed by atoms with Crippen molar-refractivity contribution in [2.45, 2.75) is 64.1 Å². The molecular weight excluding hydrogens is 641 g/mol. The van der Waals surface area contributed by atoms with Crippen LogP contribution < -0.4 is 9.62 Å². The summed E-state index contributed by atoms with van der Waals surface area (Å²) in [7, 11) is -4.30. The van der Waals surface area contributed by atoms with Crippen LogP contribution in [0.3, 0.4) is 0 Å². The first-order chi connectivity index (χ1) is 21.9. The number of halogens is 2. The third-order valence-corrected chi connectivity index (χ3v) is 10.1. The molecule has 0 spiro atoms. The highest BCUT2D eigenvalue weighted by Crippen LogP contribution is 2.33. The van der Waals surface area contributed by atoms with Crippen LogP contribution in [-0.4, -0.2) is 43.8 Å². The van der Waals surface area contributed by atoms with E-state index in [1.807, 2.05) is 82.3 Å². The second-order valence-corrected chi connectivity index (χ2v) is 14.2. The molecule has 0 aliphatic rings. The van der Waals surface area contributed by atoms with Crippen LogP contribution in [0, 0.1) is 13.8 Å². The van der Waals surface area contributed by atoms with E-state index in [1.54, 1.807) is 18.2 Å². The molecule has 10 heteroatoms. The van der Waals surface area contributed by atoms with Gasteiger partial charge in [-0.15, -0.1) is 0 Å². The number of anilines is 1. The number of sulfonamides is 1. The van der Waals surface area contributed by atoms with Crippen molar-refractivity contribution in [1.29, 1.82) is 0 Å². The summed E-state index contributed by atoms with van der Waals surface area (Å²) in [5.41, 5.74) is 3.58. The molecular formula is C36H39Cl2N3O4S. The Morgan fingerprint density at radius 3 is 2.15 bits per heavy atom. The highest BCUT2D eigenvalue weighted by atomic mass is 35.5. The van der Waals surface area contributed by atoms with Crippen molar-refractivity contribution < 1.29 is 18.0 Å². The number of benzene rings is 4. The zero-order valence-electron chi connectivity index (χ0n) is 26.4. The maximum absolute atomic E-state index is 14.6. The van der Waals surface area contributed by atoms with Gasteiger partial charge in [0.1, 0.15) is 12.6 Å². The summed E-state index contributed by atoms with van der Waals surface area (Å²) in [6.07, 6.45) is 0.925. The van der Waals surface area contributed by atoms with Gasteiger partial charge in [-0.1, -0.05) is 108 Å². The van der Waals surface area contributed by atoms with Crippen LogP contribution in [0.1, 0.15) is 42.5 Å². The molecule has 0 saturated carbocycles. The summed E-state index contributed by atoms with van der Waals surface area (Å²) in [6.45, 7) is 7.13. The molecule has 2 unspecified atom stereocenters. The first kappa shape index (κ1) is 35.0. The molecule has 242 valence electrons. The average molecular weight is 681 g/mol. The second-order valence-electron chi connectivity index (χ2n) is 11.5. The fourth-order valence-electron chi connectivity index (χ4n) is 5.03. The highest BCUT2D eigenvalue weighted by molar-refractivity contribution is 7.92. The number of amides is 2. The average Bonchev–Trinajstić information content (AvgIpc) is 3.03. The largest absolute Gasteiger partial charge is 0.352 e. The Bertz CT molecular complexity index is 1770. The van der Waals surface area contributed by atoms with Crippen LogP contribution >= 0.6 is 23.2 Å². The fourth-order valence-corrected chi connectivity index (χ4v) is 6.89. The molecule has 1 N–H and O–H groups in total. The first-order valence-corrected chi connectivity index (χ1v) is 17.3. The molecule has 46 heavy (non-hydrogen) atoms. The lowest BCUT2D eigenvalue weighted by atomic mass is 10.0. The summed E-state index contributed by atoms with van der Waals surface area (Å²) < 4.78 is 29.4. The number of aryl methyl sites for hydroxylation is 2. The van der Waals surface area contributed by atoms with E-state index in [4.69, 9.17) is 23.2 Å². The van der Waals surface area contributed by atoms with Crippen LogP contribution in [-0.2, 0) is 32.6 Å². The number of hydrogen-bond acceptors (Lipinski definition) is 4. The zero-order valence-corrected chi connectivity index (χ0v) is 28.7. The van der Waals surface area contributed by atoms with Gasteiger partial charge in [-0.3, -0.25) is 13.9 Å². The Morgan fingerprint density at radius 1 is 0.826 bits per heavy atom. The van der Waals surface area contributed by atoms with Crippen LogP contribution in [0.5, 0.6) is 0 Å². The summed E-state index contributed by atoms with van der Waals surface area (Å²) in [6, 6.07) is 26.8. The molecule has 4 rings (SSSR count). The minimum Gasteiger partial charge on any atom is -0.352 e. The van der Waals surface area contributed by atoms with Gasteiger partial charge in [0.2, 0.25) is 11.8 Å². The fraction of sp³-hybridized carbons (Fsp3) is 0.278. The van der Waals surface area contributed by atoms with E-state index in [0.29, 0.717) is 6.42 Å². The molecule has 0 fully saturated rings. The minimum atomic E-state index is -4.30. The number of nitrogens with zero attached hydrogens (tertiary/aromatic N) is 2. The number of rotatable bonds is 13. The molecule has 0 aliphatic carbocycles. The molecule has 0 aliphatic heterocycles. The Kier molecular flexibility index (Phi) is 11.9. The Morgan fingerprint density at radius 2 is 1.50 bits per heavy atom. The molecule has 7 nitrogen and oxygen atoms in total. The minimum absolute atomic E-state index is 0.0116. The predicted molar refractivity (Wildman–Crippen MR) is 186 cm³/mol. The quantitative estimate of drug-likeness (QED) is 0.160. The summed E-state index contributed by atoms with van der Waals surface area (Å²) in [5, 5.41) is 3.40. The SMILES string of the molecule is CCC(C)NC(=O)C(Cc1ccccc1)N(Cc1cccc(C)c1)C(=O)CN(c1cc(Cl)ccc1Cl)S(=O)(=O)c1ccc(C)cc1. The molecule has 2 amide bonds. The maximum Gasteiger partial charge on any atom is 0.264 e. The van der Waals surface area contributed by atoms with Crippen LogP contribution in [0.4, 0.5) is 5.69 Å². The van der Waals surface area contributed by atoms with Gasteiger partial charge < -0.3 is 10.2 Å². The van der Waals surface area contributed by atoms with E-state index in [-0.39, 0.29) is 45.5 Å². The van der Waals surface area contributed by atoms with E-state index in [0.717, 1.165) is 26.6 Å². The molecule has 4 aromatic rings. The molecule has 0 heterocycles. The number of carbonyl (C=O) groups excluding carboxylic acids is 2. The van der Waals surface area contributed by atoms with E-state index in [2.05, 4.69) is 5.32 Å². The summed E-state index contributed by atoms with van der Waals surface area (Å²) in [4.78, 5) is 30.0. The zero-order chi connectivity index (χ0) is 33.4. The normalized spacial score (nSPS) is 12.7. The van der Waals surface area contributed by atoms with Crippen LogP contribution in [0.25, 0.3) is 0 Å².